The van der Waals surface area contributed by atoms with Gasteiger partial charge in [-0.05, 0) is 48.9 Å². The highest BCUT2D eigenvalue weighted by molar-refractivity contribution is 7.90. The molecule has 2 aromatic heterocycles. The molecule has 200 valence electrons. The Hall–Kier alpha value is -3.85. The van der Waals surface area contributed by atoms with Crippen molar-refractivity contribution in [3.8, 4) is 17.1 Å². The third-order valence-electron chi connectivity index (χ3n) is 5.38. The first-order chi connectivity index (χ1) is 18.0. The number of hydrogen-bond acceptors (Lipinski definition) is 9. The lowest BCUT2D eigenvalue weighted by Gasteiger charge is -2.14. The number of pyridine rings is 1. The first kappa shape index (κ1) is 27.2. The molecule has 0 bridgehead atoms. The summed E-state index contributed by atoms with van der Waals surface area (Å²) in [4.78, 5) is 13.7. The molecule has 0 aliphatic rings. The molecule has 0 saturated carbocycles. The van der Waals surface area contributed by atoms with E-state index in [1.807, 2.05) is 13.0 Å². The lowest BCUT2D eigenvalue weighted by atomic mass is 10.1. The van der Waals surface area contributed by atoms with Crippen LogP contribution in [-0.2, 0) is 26.8 Å². The third kappa shape index (κ3) is 6.34. The van der Waals surface area contributed by atoms with E-state index in [0.29, 0.717) is 47.1 Å². The molecular weight excluding hydrogens is 530 g/mol. The molecule has 12 nitrogen and oxygen atoms in total. The van der Waals surface area contributed by atoms with E-state index >= 15 is 0 Å². The SMILES string of the molecule is CCOc1nc(NCc2ccc(S(N)(=O)=O)cc2)nc2ccc(-c3cccc(NS(=O)(=O)N(C)C)c3)nc12. The number of fused-ring (bicyclic) bond motifs is 1. The lowest BCUT2D eigenvalue weighted by molar-refractivity contribution is 0.330. The molecule has 0 unspecified atom stereocenters. The number of rotatable bonds is 10. The second-order valence-electron chi connectivity index (χ2n) is 8.36. The van der Waals surface area contributed by atoms with Gasteiger partial charge in [-0.2, -0.15) is 17.7 Å². The fraction of sp³-hybridized carbons (Fsp3) is 0.208. The Bertz CT molecular complexity index is 1680. The molecule has 0 fully saturated rings. The zero-order chi connectivity index (χ0) is 27.5. The van der Waals surface area contributed by atoms with Crippen molar-refractivity contribution in [3.05, 3.63) is 66.2 Å². The number of aromatic nitrogens is 3. The van der Waals surface area contributed by atoms with Crippen molar-refractivity contribution in [3.63, 3.8) is 0 Å². The van der Waals surface area contributed by atoms with Gasteiger partial charge in [-0.15, -0.1) is 0 Å². The number of hydrogen-bond donors (Lipinski definition) is 3. The van der Waals surface area contributed by atoms with Crippen molar-refractivity contribution in [2.45, 2.75) is 18.4 Å². The van der Waals surface area contributed by atoms with Gasteiger partial charge < -0.3 is 10.1 Å². The molecule has 2 heterocycles. The summed E-state index contributed by atoms with van der Waals surface area (Å²) in [5.41, 5.74) is 3.48. The van der Waals surface area contributed by atoms with Gasteiger partial charge >= 0.3 is 10.2 Å². The van der Waals surface area contributed by atoms with Crippen molar-refractivity contribution in [2.24, 2.45) is 5.14 Å². The maximum absolute atomic E-state index is 12.2. The summed E-state index contributed by atoms with van der Waals surface area (Å²) >= 11 is 0. The van der Waals surface area contributed by atoms with Crippen molar-refractivity contribution in [2.75, 3.05) is 30.7 Å². The smallest absolute Gasteiger partial charge is 0.301 e. The number of ether oxygens (including phenoxy) is 1. The van der Waals surface area contributed by atoms with Crippen molar-refractivity contribution in [1.82, 2.24) is 19.3 Å². The quantitative estimate of drug-likeness (QED) is 0.265. The third-order valence-corrected chi connectivity index (χ3v) is 7.76. The largest absolute Gasteiger partial charge is 0.476 e. The van der Waals surface area contributed by atoms with Gasteiger partial charge in [-0.3, -0.25) is 4.72 Å². The first-order valence-corrected chi connectivity index (χ1v) is 14.4. The molecule has 4 N–H and O–H groups in total. The molecule has 14 heteroatoms. The number of nitrogens with two attached hydrogens (primary N) is 1. The number of anilines is 2. The van der Waals surface area contributed by atoms with Gasteiger partial charge in [0.2, 0.25) is 21.9 Å². The minimum atomic E-state index is -3.76. The summed E-state index contributed by atoms with van der Waals surface area (Å²) in [5.74, 6) is 0.599. The van der Waals surface area contributed by atoms with E-state index in [1.54, 1.807) is 42.5 Å². The summed E-state index contributed by atoms with van der Waals surface area (Å²) < 4.78 is 56.6. The monoisotopic (exact) mass is 557 g/mol. The van der Waals surface area contributed by atoms with E-state index in [4.69, 9.17) is 14.9 Å². The first-order valence-electron chi connectivity index (χ1n) is 11.4. The number of benzene rings is 2. The standard InChI is InChI=1S/C24H27N7O5S2/c1-4-36-23-22-21(28-24(29-23)26-15-16-8-10-19(11-9-16)37(25,32)33)13-12-20(27-22)17-6-5-7-18(14-17)30-38(34,35)31(2)3/h5-14,30H,4,15H2,1-3H3,(H2,25,32,33)(H,26,28,29). The molecule has 2 aromatic carbocycles. The van der Waals surface area contributed by atoms with Crippen LogP contribution in [-0.4, -0.2) is 56.8 Å². The van der Waals surface area contributed by atoms with Crippen LogP contribution >= 0.6 is 0 Å². The number of primary sulfonamides is 1. The zero-order valence-corrected chi connectivity index (χ0v) is 22.5. The number of nitrogens with one attached hydrogen (secondary N) is 2. The summed E-state index contributed by atoms with van der Waals surface area (Å²) in [5, 5.41) is 8.26. The Morgan fingerprint density at radius 3 is 2.34 bits per heavy atom. The van der Waals surface area contributed by atoms with E-state index in [9.17, 15) is 16.8 Å². The van der Waals surface area contributed by atoms with Gasteiger partial charge in [0.25, 0.3) is 0 Å². The van der Waals surface area contributed by atoms with E-state index < -0.39 is 20.2 Å². The maximum Gasteiger partial charge on any atom is 0.301 e. The highest BCUT2D eigenvalue weighted by Crippen LogP contribution is 2.28. The van der Waals surface area contributed by atoms with Crippen molar-refractivity contribution >= 4 is 42.9 Å². The molecule has 0 radical (unpaired) electrons. The molecule has 0 aliphatic heterocycles. The topological polar surface area (TPSA) is 170 Å². The van der Waals surface area contributed by atoms with E-state index in [1.165, 1.54) is 26.2 Å². The second-order valence-corrected chi connectivity index (χ2v) is 11.8. The van der Waals surface area contributed by atoms with Crippen LogP contribution in [0.3, 0.4) is 0 Å². The average molecular weight is 558 g/mol. The minimum absolute atomic E-state index is 0.0318. The Morgan fingerprint density at radius 2 is 1.68 bits per heavy atom. The van der Waals surface area contributed by atoms with Crippen LogP contribution < -0.4 is 19.9 Å². The molecule has 0 amide bonds. The van der Waals surface area contributed by atoms with Crippen LogP contribution in [0.1, 0.15) is 12.5 Å². The molecule has 0 saturated heterocycles. The predicted molar refractivity (Wildman–Crippen MR) is 145 cm³/mol. The summed E-state index contributed by atoms with van der Waals surface area (Å²) in [7, 11) is -4.53. The van der Waals surface area contributed by atoms with Crippen LogP contribution in [0.5, 0.6) is 5.88 Å². The fourth-order valence-corrected chi connectivity index (χ4v) is 4.55. The predicted octanol–water partition coefficient (Wildman–Crippen LogP) is 2.57. The lowest BCUT2D eigenvalue weighted by Crippen LogP contribution is -2.28. The zero-order valence-electron chi connectivity index (χ0n) is 20.9. The highest BCUT2D eigenvalue weighted by atomic mass is 32.2. The molecule has 38 heavy (non-hydrogen) atoms. The molecule has 4 rings (SSSR count). The normalized spacial score (nSPS) is 12.0. The Labute approximate surface area is 221 Å². The van der Waals surface area contributed by atoms with Crippen LogP contribution in [0.2, 0.25) is 0 Å². The second kappa shape index (κ2) is 10.9. The molecule has 4 aromatic rings. The Morgan fingerprint density at radius 1 is 0.947 bits per heavy atom. The van der Waals surface area contributed by atoms with Gasteiger partial charge in [0.1, 0.15) is 0 Å². The van der Waals surface area contributed by atoms with E-state index in [2.05, 4.69) is 20.0 Å². The number of sulfonamides is 1. The van der Waals surface area contributed by atoms with Gasteiger partial charge in [-0.1, -0.05) is 24.3 Å². The Kier molecular flexibility index (Phi) is 7.78. The summed E-state index contributed by atoms with van der Waals surface area (Å²) in [6.07, 6.45) is 0. The van der Waals surface area contributed by atoms with Crippen LogP contribution in [0, 0.1) is 0 Å². The summed E-state index contributed by atoms with van der Waals surface area (Å²) in [6.45, 7) is 2.52. The molecule has 0 spiro atoms. The van der Waals surface area contributed by atoms with Crippen molar-refractivity contribution in [1.29, 1.82) is 0 Å². The van der Waals surface area contributed by atoms with Gasteiger partial charge in [0.15, 0.2) is 5.52 Å². The van der Waals surface area contributed by atoms with Gasteiger partial charge in [0, 0.05) is 26.2 Å². The van der Waals surface area contributed by atoms with Crippen molar-refractivity contribution < 1.29 is 21.6 Å². The summed E-state index contributed by atoms with van der Waals surface area (Å²) in [6, 6.07) is 16.6. The van der Waals surface area contributed by atoms with Gasteiger partial charge in [0.05, 0.1) is 28.4 Å². The van der Waals surface area contributed by atoms with Gasteiger partial charge in [-0.25, -0.2) is 23.5 Å². The van der Waals surface area contributed by atoms with Crippen LogP contribution in [0.4, 0.5) is 11.6 Å². The van der Waals surface area contributed by atoms with E-state index in [0.717, 1.165) is 9.87 Å². The molecule has 0 atom stereocenters. The van der Waals surface area contributed by atoms with Crippen LogP contribution in [0.25, 0.3) is 22.3 Å². The minimum Gasteiger partial charge on any atom is -0.476 e. The van der Waals surface area contributed by atoms with E-state index in [-0.39, 0.29) is 10.8 Å². The Balaban J connectivity index is 1.61. The average Bonchev–Trinajstić information content (AvgIpc) is 2.87. The maximum atomic E-state index is 12.2. The fourth-order valence-electron chi connectivity index (χ4n) is 3.43. The molecule has 0 aliphatic carbocycles. The highest BCUT2D eigenvalue weighted by Gasteiger charge is 2.15. The number of nitrogens with zero attached hydrogens (tertiary/aromatic N) is 4. The van der Waals surface area contributed by atoms with Crippen LogP contribution in [0.15, 0.2) is 65.6 Å². The molecular formula is C24H27N7O5S2.